The first-order valence-electron chi connectivity index (χ1n) is 12.6. The molecule has 8 heteroatoms. The minimum absolute atomic E-state index is 0.0202. The van der Waals surface area contributed by atoms with Crippen molar-refractivity contribution in [1.82, 2.24) is 14.4 Å². The van der Waals surface area contributed by atoms with Gasteiger partial charge >= 0.3 is 0 Å². The van der Waals surface area contributed by atoms with Gasteiger partial charge in [0.1, 0.15) is 5.82 Å². The summed E-state index contributed by atoms with van der Waals surface area (Å²) in [4.78, 5) is 28.5. The second kappa shape index (κ2) is 13.9. The van der Waals surface area contributed by atoms with Gasteiger partial charge < -0.3 is 14.4 Å². The first-order valence-corrected chi connectivity index (χ1v) is 13.5. The van der Waals surface area contributed by atoms with Crippen LogP contribution in [0.5, 0.6) is 0 Å². The van der Waals surface area contributed by atoms with Gasteiger partial charge in [0.25, 0.3) is 5.91 Å². The van der Waals surface area contributed by atoms with E-state index in [1.54, 1.807) is 12.1 Å². The maximum absolute atomic E-state index is 13.6. The molecule has 5 nitrogen and oxygen atoms in total. The fourth-order valence-corrected chi connectivity index (χ4v) is 5.01. The number of aromatic nitrogens is 1. The molecule has 0 N–H and O–H groups in total. The zero-order valence-electron chi connectivity index (χ0n) is 20.5. The molecule has 2 aromatic rings. The minimum Gasteiger partial charge on any atom is -0.345 e. The lowest BCUT2D eigenvalue weighted by Gasteiger charge is -2.36. The standard InChI is InChI=1S/C27H36Cl2FN3O2/c1-2-3-7-16-32(27(35)26(28)29)20-25(34)33(23-9-5-4-6-10-23)19-24-11-8-17-31(24)18-21-12-14-22(30)15-13-21/h8,11-15,17,23,26H,2-7,9-10,16,18-20H2,1H3. The molecule has 0 radical (unpaired) electrons. The Labute approximate surface area is 218 Å². The van der Waals surface area contributed by atoms with E-state index in [0.29, 0.717) is 19.6 Å². The number of alkyl halides is 2. The van der Waals surface area contributed by atoms with E-state index in [-0.39, 0.29) is 24.3 Å². The van der Waals surface area contributed by atoms with Gasteiger partial charge in [-0.15, -0.1) is 0 Å². The van der Waals surface area contributed by atoms with Crippen molar-refractivity contribution in [1.29, 1.82) is 0 Å². The van der Waals surface area contributed by atoms with Crippen molar-refractivity contribution in [2.24, 2.45) is 0 Å². The molecule has 0 aliphatic heterocycles. The highest BCUT2D eigenvalue weighted by molar-refractivity contribution is 6.53. The molecule has 0 atom stereocenters. The Morgan fingerprint density at radius 2 is 1.80 bits per heavy atom. The number of hydrogen-bond donors (Lipinski definition) is 0. The van der Waals surface area contributed by atoms with Crippen LogP contribution in [0.4, 0.5) is 4.39 Å². The Bertz CT molecular complexity index is 942. The Hall–Kier alpha value is -2.05. The molecule has 3 rings (SSSR count). The average molecular weight is 525 g/mol. The van der Waals surface area contributed by atoms with E-state index in [0.717, 1.165) is 56.2 Å². The monoisotopic (exact) mass is 523 g/mol. The molecule has 1 aliphatic rings. The second-order valence-corrected chi connectivity index (χ2v) is 10.4. The van der Waals surface area contributed by atoms with Crippen molar-refractivity contribution in [3.8, 4) is 0 Å². The van der Waals surface area contributed by atoms with Crippen LogP contribution in [0, 0.1) is 5.82 Å². The number of amides is 2. The zero-order valence-corrected chi connectivity index (χ0v) is 22.0. The third-order valence-corrected chi connectivity index (χ3v) is 7.09. The van der Waals surface area contributed by atoms with Gasteiger partial charge in [-0.25, -0.2) is 4.39 Å². The van der Waals surface area contributed by atoms with Crippen LogP contribution in [0.1, 0.15) is 69.5 Å². The summed E-state index contributed by atoms with van der Waals surface area (Å²) in [7, 11) is 0. The summed E-state index contributed by atoms with van der Waals surface area (Å²) >= 11 is 11.8. The van der Waals surface area contributed by atoms with Crippen LogP contribution in [0.3, 0.4) is 0 Å². The summed E-state index contributed by atoms with van der Waals surface area (Å²) in [5.74, 6) is -0.754. The Kier molecular flexibility index (Phi) is 10.9. The summed E-state index contributed by atoms with van der Waals surface area (Å²) in [5.41, 5.74) is 1.99. The predicted octanol–water partition coefficient (Wildman–Crippen LogP) is 6.16. The lowest BCUT2D eigenvalue weighted by Crippen LogP contribution is -2.48. The SMILES string of the molecule is CCCCCN(CC(=O)N(Cc1cccn1Cc1ccc(F)cc1)C1CCCCC1)C(=O)C(Cl)Cl. The lowest BCUT2D eigenvalue weighted by molar-refractivity contribution is -0.142. The number of carbonyl (C=O) groups excluding carboxylic acids is 2. The molecule has 0 saturated heterocycles. The molecular formula is C27H36Cl2FN3O2. The van der Waals surface area contributed by atoms with Crippen LogP contribution in [0.2, 0.25) is 0 Å². The van der Waals surface area contributed by atoms with Gasteiger partial charge in [-0.2, -0.15) is 0 Å². The molecule has 1 heterocycles. The Morgan fingerprint density at radius 3 is 2.46 bits per heavy atom. The highest BCUT2D eigenvalue weighted by Crippen LogP contribution is 2.25. The number of carbonyl (C=O) groups is 2. The van der Waals surface area contributed by atoms with E-state index in [2.05, 4.69) is 11.5 Å². The fraction of sp³-hybridized carbons (Fsp3) is 0.556. The highest BCUT2D eigenvalue weighted by atomic mass is 35.5. The summed E-state index contributed by atoms with van der Waals surface area (Å²) < 4.78 is 15.4. The summed E-state index contributed by atoms with van der Waals surface area (Å²) in [6.07, 6.45) is 10.1. The molecule has 1 aliphatic carbocycles. The number of nitrogens with zero attached hydrogens (tertiary/aromatic N) is 3. The first kappa shape index (κ1) is 27.5. The van der Waals surface area contributed by atoms with Crippen molar-refractivity contribution in [2.75, 3.05) is 13.1 Å². The van der Waals surface area contributed by atoms with Gasteiger partial charge in [-0.3, -0.25) is 9.59 Å². The van der Waals surface area contributed by atoms with E-state index in [9.17, 15) is 14.0 Å². The second-order valence-electron chi connectivity index (χ2n) is 9.33. The van der Waals surface area contributed by atoms with Crippen molar-refractivity contribution < 1.29 is 14.0 Å². The van der Waals surface area contributed by atoms with Gasteiger partial charge in [0.05, 0.1) is 13.1 Å². The van der Waals surface area contributed by atoms with Crippen molar-refractivity contribution in [2.45, 2.75) is 82.3 Å². The molecule has 0 spiro atoms. The fourth-order valence-electron chi connectivity index (χ4n) is 4.73. The minimum atomic E-state index is -1.18. The molecule has 1 fully saturated rings. The molecule has 0 unspecified atom stereocenters. The Balaban J connectivity index is 1.77. The van der Waals surface area contributed by atoms with E-state index in [1.165, 1.54) is 23.5 Å². The highest BCUT2D eigenvalue weighted by Gasteiger charge is 2.30. The maximum Gasteiger partial charge on any atom is 0.256 e. The topological polar surface area (TPSA) is 45.6 Å². The Morgan fingerprint density at radius 1 is 1.09 bits per heavy atom. The van der Waals surface area contributed by atoms with Crippen molar-refractivity contribution >= 4 is 35.0 Å². The van der Waals surface area contributed by atoms with Crippen molar-refractivity contribution in [3.63, 3.8) is 0 Å². The number of hydrogen-bond acceptors (Lipinski definition) is 2. The molecule has 1 saturated carbocycles. The van der Waals surface area contributed by atoms with E-state index in [1.807, 2.05) is 23.2 Å². The molecular weight excluding hydrogens is 488 g/mol. The van der Waals surface area contributed by atoms with E-state index in [4.69, 9.17) is 23.2 Å². The predicted molar refractivity (Wildman–Crippen MR) is 139 cm³/mol. The summed E-state index contributed by atoms with van der Waals surface area (Å²) in [6, 6.07) is 10.6. The van der Waals surface area contributed by atoms with Crippen LogP contribution in [0.25, 0.3) is 0 Å². The summed E-state index contributed by atoms with van der Waals surface area (Å²) in [6.45, 7) is 3.59. The van der Waals surface area contributed by atoms with Gasteiger partial charge in [-0.05, 0) is 49.1 Å². The lowest BCUT2D eigenvalue weighted by atomic mass is 9.94. The smallest absolute Gasteiger partial charge is 0.256 e. The van der Waals surface area contributed by atoms with Crippen LogP contribution in [0.15, 0.2) is 42.6 Å². The van der Waals surface area contributed by atoms with Crippen LogP contribution in [-0.4, -0.2) is 50.1 Å². The molecule has 0 bridgehead atoms. The largest absolute Gasteiger partial charge is 0.345 e. The number of halogens is 3. The number of benzene rings is 1. The molecule has 35 heavy (non-hydrogen) atoms. The van der Waals surface area contributed by atoms with E-state index >= 15 is 0 Å². The van der Waals surface area contributed by atoms with Crippen molar-refractivity contribution in [3.05, 3.63) is 59.7 Å². The third-order valence-electron chi connectivity index (χ3n) is 6.71. The summed E-state index contributed by atoms with van der Waals surface area (Å²) in [5, 5.41) is 0. The van der Waals surface area contributed by atoms with Gasteiger partial charge in [0.2, 0.25) is 5.91 Å². The van der Waals surface area contributed by atoms with Gasteiger partial charge in [0, 0.05) is 31.0 Å². The first-order chi connectivity index (χ1) is 16.9. The molecule has 1 aromatic carbocycles. The molecule has 1 aromatic heterocycles. The number of rotatable bonds is 12. The van der Waals surface area contributed by atoms with Gasteiger partial charge in [0.15, 0.2) is 4.84 Å². The average Bonchev–Trinajstić information content (AvgIpc) is 3.29. The molecule has 2 amide bonds. The van der Waals surface area contributed by atoms with Crippen LogP contribution in [-0.2, 0) is 22.7 Å². The number of unbranched alkanes of at least 4 members (excludes halogenated alkanes) is 2. The van der Waals surface area contributed by atoms with Gasteiger partial charge in [-0.1, -0.05) is 74.4 Å². The normalized spacial score (nSPS) is 14.3. The quantitative estimate of drug-likeness (QED) is 0.247. The third kappa shape index (κ3) is 8.25. The van der Waals surface area contributed by atoms with E-state index < -0.39 is 10.7 Å². The zero-order chi connectivity index (χ0) is 25.2. The molecule has 192 valence electrons. The van der Waals surface area contributed by atoms with Crippen LogP contribution < -0.4 is 0 Å². The maximum atomic E-state index is 13.6. The van der Waals surface area contributed by atoms with Crippen LogP contribution >= 0.6 is 23.2 Å².